The second kappa shape index (κ2) is 5.68. The molecule has 1 heterocycles. The number of fused-ring (bicyclic) bond motifs is 1. The molecule has 1 atom stereocenters. The minimum atomic E-state index is -0.265. The van der Waals surface area contributed by atoms with Crippen molar-refractivity contribution in [2.75, 3.05) is 5.32 Å². The van der Waals surface area contributed by atoms with Crippen LogP contribution in [0.2, 0.25) is 10.0 Å². The zero-order chi connectivity index (χ0) is 15.0. The standard InChI is InChI=1S/C16H14Cl2N2O/c17-12-4-2-1-3-9(12)6-14(19)11-5-10-7-16(21)20-15(10)8-13(11)18/h1-5,8,14H,6-7,19H2,(H,20,21). The van der Waals surface area contributed by atoms with Crippen molar-refractivity contribution in [3.63, 3.8) is 0 Å². The van der Waals surface area contributed by atoms with Crippen molar-refractivity contribution >= 4 is 34.8 Å². The molecule has 0 fully saturated rings. The zero-order valence-corrected chi connectivity index (χ0v) is 12.7. The van der Waals surface area contributed by atoms with Gasteiger partial charge in [-0.15, -0.1) is 0 Å². The first kappa shape index (κ1) is 14.4. The van der Waals surface area contributed by atoms with Crippen molar-refractivity contribution in [3.8, 4) is 0 Å². The summed E-state index contributed by atoms with van der Waals surface area (Å²) in [6, 6.07) is 11.0. The fourth-order valence-electron chi connectivity index (χ4n) is 2.56. The highest BCUT2D eigenvalue weighted by Crippen LogP contribution is 2.33. The molecule has 1 aliphatic rings. The number of amides is 1. The predicted octanol–water partition coefficient (Wildman–Crippen LogP) is 3.73. The third-order valence-corrected chi connectivity index (χ3v) is 4.34. The molecule has 0 saturated carbocycles. The Hall–Kier alpha value is -1.55. The molecule has 1 unspecified atom stereocenters. The van der Waals surface area contributed by atoms with E-state index in [1.165, 1.54) is 0 Å². The van der Waals surface area contributed by atoms with Crippen LogP contribution in [0, 0.1) is 0 Å². The van der Waals surface area contributed by atoms with E-state index in [0.717, 1.165) is 22.4 Å². The molecule has 21 heavy (non-hydrogen) atoms. The molecule has 0 saturated heterocycles. The van der Waals surface area contributed by atoms with Gasteiger partial charge in [0.1, 0.15) is 0 Å². The average Bonchev–Trinajstić information content (AvgIpc) is 2.79. The number of carbonyl (C=O) groups is 1. The van der Waals surface area contributed by atoms with E-state index in [1.54, 1.807) is 6.07 Å². The molecule has 0 radical (unpaired) electrons. The second-order valence-corrected chi connectivity index (χ2v) is 5.97. The lowest BCUT2D eigenvalue weighted by Crippen LogP contribution is -2.14. The Morgan fingerprint density at radius 3 is 2.71 bits per heavy atom. The normalized spacial score (nSPS) is 14.7. The molecule has 2 aromatic rings. The van der Waals surface area contributed by atoms with E-state index in [4.69, 9.17) is 28.9 Å². The van der Waals surface area contributed by atoms with Crippen LogP contribution in [-0.2, 0) is 17.6 Å². The number of halogens is 2. The minimum Gasteiger partial charge on any atom is -0.325 e. The highest BCUT2D eigenvalue weighted by Gasteiger charge is 2.22. The summed E-state index contributed by atoms with van der Waals surface area (Å²) in [6.07, 6.45) is 0.970. The van der Waals surface area contributed by atoms with Crippen molar-refractivity contribution in [1.82, 2.24) is 0 Å². The van der Waals surface area contributed by atoms with Crippen LogP contribution in [0.1, 0.15) is 22.7 Å². The van der Waals surface area contributed by atoms with Gasteiger partial charge in [-0.3, -0.25) is 4.79 Å². The van der Waals surface area contributed by atoms with Gasteiger partial charge in [0.25, 0.3) is 0 Å². The van der Waals surface area contributed by atoms with Crippen LogP contribution in [-0.4, -0.2) is 5.91 Å². The number of carbonyl (C=O) groups excluding carboxylic acids is 1. The maximum Gasteiger partial charge on any atom is 0.228 e. The maximum absolute atomic E-state index is 11.4. The molecule has 0 aromatic heterocycles. The van der Waals surface area contributed by atoms with Crippen molar-refractivity contribution in [3.05, 3.63) is 63.1 Å². The van der Waals surface area contributed by atoms with Crippen LogP contribution >= 0.6 is 23.2 Å². The van der Waals surface area contributed by atoms with E-state index in [0.29, 0.717) is 22.9 Å². The van der Waals surface area contributed by atoms with E-state index >= 15 is 0 Å². The molecule has 3 N–H and O–H groups in total. The molecule has 2 aromatic carbocycles. The van der Waals surface area contributed by atoms with E-state index in [2.05, 4.69) is 5.32 Å². The van der Waals surface area contributed by atoms with Crippen molar-refractivity contribution in [1.29, 1.82) is 0 Å². The van der Waals surface area contributed by atoms with Gasteiger partial charge in [-0.05, 0) is 35.2 Å². The summed E-state index contributed by atoms with van der Waals surface area (Å²) in [4.78, 5) is 11.4. The molecular formula is C16H14Cl2N2O. The van der Waals surface area contributed by atoms with E-state index in [1.807, 2.05) is 30.3 Å². The molecule has 1 aliphatic heterocycles. The molecule has 0 bridgehead atoms. The molecule has 0 spiro atoms. The Morgan fingerprint density at radius 2 is 1.95 bits per heavy atom. The topological polar surface area (TPSA) is 55.1 Å². The van der Waals surface area contributed by atoms with Crippen LogP contribution in [0.15, 0.2) is 36.4 Å². The average molecular weight is 321 g/mol. The van der Waals surface area contributed by atoms with Gasteiger partial charge in [0.05, 0.1) is 6.42 Å². The number of hydrogen-bond donors (Lipinski definition) is 2. The summed E-state index contributed by atoms with van der Waals surface area (Å²) in [5.41, 5.74) is 9.82. The summed E-state index contributed by atoms with van der Waals surface area (Å²) in [5.74, 6) is -0.0158. The fraction of sp³-hybridized carbons (Fsp3) is 0.188. The summed E-state index contributed by atoms with van der Waals surface area (Å²) >= 11 is 12.5. The highest BCUT2D eigenvalue weighted by atomic mass is 35.5. The lowest BCUT2D eigenvalue weighted by Gasteiger charge is -2.16. The molecular weight excluding hydrogens is 307 g/mol. The monoisotopic (exact) mass is 320 g/mol. The van der Waals surface area contributed by atoms with Crippen LogP contribution in [0.25, 0.3) is 0 Å². The molecule has 1 amide bonds. The van der Waals surface area contributed by atoms with Crippen LogP contribution in [0.5, 0.6) is 0 Å². The van der Waals surface area contributed by atoms with Crippen molar-refractivity contribution in [2.24, 2.45) is 5.73 Å². The molecule has 0 aliphatic carbocycles. The number of rotatable bonds is 3. The Labute approximate surface area is 133 Å². The highest BCUT2D eigenvalue weighted by molar-refractivity contribution is 6.32. The smallest absolute Gasteiger partial charge is 0.228 e. The largest absolute Gasteiger partial charge is 0.325 e. The maximum atomic E-state index is 11.4. The fourth-order valence-corrected chi connectivity index (χ4v) is 3.08. The Morgan fingerprint density at radius 1 is 1.19 bits per heavy atom. The Kier molecular flexibility index (Phi) is 3.89. The lowest BCUT2D eigenvalue weighted by molar-refractivity contribution is -0.115. The van der Waals surface area contributed by atoms with Gasteiger partial charge in [0, 0.05) is 21.8 Å². The van der Waals surface area contributed by atoms with Gasteiger partial charge < -0.3 is 11.1 Å². The van der Waals surface area contributed by atoms with Crippen molar-refractivity contribution in [2.45, 2.75) is 18.9 Å². The Bertz CT molecular complexity index is 715. The zero-order valence-electron chi connectivity index (χ0n) is 11.2. The lowest BCUT2D eigenvalue weighted by atomic mass is 9.97. The number of nitrogens with one attached hydrogen (secondary N) is 1. The van der Waals surface area contributed by atoms with Gasteiger partial charge >= 0.3 is 0 Å². The first-order valence-electron chi connectivity index (χ1n) is 6.66. The molecule has 5 heteroatoms. The summed E-state index contributed by atoms with van der Waals surface area (Å²) in [7, 11) is 0. The molecule has 3 rings (SSSR count). The SMILES string of the molecule is NC(Cc1ccccc1Cl)c1cc2c(cc1Cl)NC(=O)C2. The van der Waals surface area contributed by atoms with Crippen LogP contribution in [0.4, 0.5) is 5.69 Å². The quantitative estimate of drug-likeness (QED) is 0.905. The number of anilines is 1. The summed E-state index contributed by atoms with van der Waals surface area (Å²) < 4.78 is 0. The minimum absolute atomic E-state index is 0.0158. The third kappa shape index (κ3) is 2.91. The van der Waals surface area contributed by atoms with E-state index in [9.17, 15) is 4.79 Å². The first-order chi connectivity index (χ1) is 10.0. The number of hydrogen-bond acceptors (Lipinski definition) is 2. The number of nitrogens with two attached hydrogens (primary N) is 1. The third-order valence-electron chi connectivity index (χ3n) is 3.64. The van der Waals surface area contributed by atoms with Gasteiger partial charge in [-0.1, -0.05) is 47.5 Å². The first-order valence-corrected chi connectivity index (χ1v) is 7.41. The van der Waals surface area contributed by atoms with E-state index in [-0.39, 0.29) is 11.9 Å². The second-order valence-electron chi connectivity index (χ2n) is 5.16. The number of benzene rings is 2. The van der Waals surface area contributed by atoms with Gasteiger partial charge in [-0.2, -0.15) is 0 Å². The van der Waals surface area contributed by atoms with Crippen LogP contribution in [0.3, 0.4) is 0 Å². The predicted molar refractivity (Wildman–Crippen MR) is 85.9 cm³/mol. The van der Waals surface area contributed by atoms with Gasteiger partial charge in [-0.25, -0.2) is 0 Å². The van der Waals surface area contributed by atoms with Crippen LogP contribution < -0.4 is 11.1 Å². The van der Waals surface area contributed by atoms with E-state index < -0.39 is 0 Å². The van der Waals surface area contributed by atoms with Gasteiger partial charge in [0.2, 0.25) is 5.91 Å². The van der Waals surface area contributed by atoms with Gasteiger partial charge in [0.15, 0.2) is 0 Å². The Balaban J connectivity index is 1.89. The van der Waals surface area contributed by atoms with Crippen molar-refractivity contribution < 1.29 is 4.79 Å². The summed E-state index contributed by atoms with van der Waals surface area (Å²) in [5, 5.41) is 4.04. The molecule has 3 nitrogen and oxygen atoms in total. The molecule has 108 valence electrons. The summed E-state index contributed by atoms with van der Waals surface area (Å²) in [6.45, 7) is 0.